The lowest BCUT2D eigenvalue weighted by molar-refractivity contribution is 0.329. The molecule has 0 atom stereocenters. The fraction of sp³-hybridized carbons (Fsp3) is 0.308. The number of nitrogens with one attached hydrogen (secondary N) is 1. The van der Waals surface area contributed by atoms with Crippen molar-refractivity contribution in [2.45, 2.75) is 26.4 Å². The van der Waals surface area contributed by atoms with Crippen LogP contribution in [0, 0.1) is 5.82 Å². The number of hydrogen-bond acceptors (Lipinski definition) is 4. The van der Waals surface area contributed by atoms with E-state index in [1.807, 2.05) is 13.8 Å². The van der Waals surface area contributed by atoms with Crippen LogP contribution in [0.2, 0.25) is 0 Å². The van der Waals surface area contributed by atoms with E-state index in [0.29, 0.717) is 22.8 Å². The number of rotatable bonds is 5. The summed E-state index contributed by atoms with van der Waals surface area (Å²) in [5.74, 6) is -0.0586. The highest BCUT2D eigenvalue weighted by atomic mass is 79.9. The van der Waals surface area contributed by atoms with Gasteiger partial charge in [-0.1, -0.05) is 13.8 Å². The molecule has 0 aliphatic rings. The molecule has 2 rings (SSSR count). The summed E-state index contributed by atoms with van der Waals surface area (Å²) in [7, 11) is 0. The van der Waals surface area contributed by atoms with Gasteiger partial charge in [0.05, 0.1) is 10.2 Å². The Morgan fingerprint density at radius 3 is 2.95 bits per heavy atom. The third kappa shape index (κ3) is 4.04. The van der Waals surface area contributed by atoms with E-state index in [-0.39, 0.29) is 6.08 Å². The van der Waals surface area contributed by atoms with E-state index in [9.17, 15) is 4.39 Å². The predicted molar refractivity (Wildman–Crippen MR) is 72.7 cm³/mol. The molecule has 1 heterocycles. The lowest BCUT2D eigenvalue weighted by atomic mass is 10.3. The number of aromatic nitrogens is 1. The average Bonchev–Trinajstić information content (AvgIpc) is 2.79. The van der Waals surface area contributed by atoms with Gasteiger partial charge in [-0.2, -0.15) is 4.98 Å². The van der Waals surface area contributed by atoms with E-state index < -0.39 is 5.82 Å². The zero-order chi connectivity index (χ0) is 13.8. The first-order valence-electron chi connectivity index (χ1n) is 5.85. The number of ether oxygens (including phenoxy) is 1. The summed E-state index contributed by atoms with van der Waals surface area (Å²) in [4.78, 5) is 4.14. The quantitative estimate of drug-likeness (QED) is 0.905. The van der Waals surface area contributed by atoms with Gasteiger partial charge in [0.25, 0.3) is 0 Å². The van der Waals surface area contributed by atoms with Crippen molar-refractivity contribution < 1.29 is 13.5 Å². The highest BCUT2D eigenvalue weighted by Crippen LogP contribution is 2.25. The Bertz CT molecular complexity index is 557. The normalized spacial score (nSPS) is 11.0. The highest BCUT2D eigenvalue weighted by Gasteiger charge is 2.08. The molecule has 0 unspecified atom stereocenters. The minimum atomic E-state index is -0.397. The molecule has 102 valence electrons. The van der Waals surface area contributed by atoms with Gasteiger partial charge in [0.1, 0.15) is 17.8 Å². The minimum Gasteiger partial charge on any atom is -0.417 e. The maximum absolute atomic E-state index is 13.3. The van der Waals surface area contributed by atoms with Crippen molar-refractivity contribution in [1.82, 2.24) is 10.3 Å². The van der Waals surface area contributed by atoms with E-state index >= 15 is 0 Å². The van der Waals surface area contributed by atoms with Crippen molar-refractivity contribution in [3.05, 3.63) is 40.4 Å². The zero-order valence-electron chi connectivity index (χ0n) is 10.6. The Balaban J connectivity index is 2.01. The molecule has 0 saturated carbocycles. The number of nitrogens with zero attached hydrogens (tertiary/aromatic N) is 1. The number of halogens is 2. The van der Waals surface area contributed by atoms with Crippen LogP contribution in [-0.4, -0.2) is 11.0 Å². The van der Waals surface area contributed by atoms with Crippen molar-refractivity contribution in [2.75, 3.05) is 0 Å². The number of benzene rings is 1. The summed E-state index contributed by atoms with van der Waals surface area (Å²) < 4.78 is 24.2. The van der Waals surface area contributed by atoms with Crippen LogP contribution in [0.4, 0.5) is 4.39 Å². The summed E-state index contributed by atoms with van der Waals surface area (Å²) in [6.45, 7) is 4.68. The molecule has 0 aliphatic heterocycles. The van der Waals surface area contributed by atoms with Crippen LogP contribution in [0.25, 0.3) is 0 Å². The predicted octanol–water partition coefficient (Wildman–Crippen LogP) is 3.87. The van der Waals surface area contributed by atoms with Gasteiger partial charge < -0.3 is 14.5 Å². The third-order valence-corrected chi connectivity index (χ3v) is 2.96. The smallest absolute Gasteiger partial charge is 0.399 e. The van der Waals surface area contributed by atoms with Crippen LogP contribution in [0.15, 0.2) is 33.4 Å². The number of oxazole rings is 1. The molecule has 0 bridgehead atoms. The molecule has 0 spiro atoms. The third-order valence-electron chi connectivity index (χ3n) is 2.32. The van der Waals surface area contributed by atoms with Crippen LogP contribution >= 0.6 is 15.9 Å². The first kappa shape index (κ1) is 14.0. The molecule has 0 saturated heterocycles. The average molecular weight is 329 g/mol. The molecule has 1 aromatic heterocycles. The molecule has 19 heavy (non-hydrogen) atoms. The summed E-state index contributed by atoms with van der Waals surface area (Å²) in [6.07, 6.45) is 1.61. The fourth-order valence-electron chi connectivity index (χ4n) is 1.37. The molecule has 1 aromatic carbocycles. The Morgan fingerprint density at radius 2 is 2.26 bits per heavy atom. The molecular weight excluding hydrogens is 315 g/mol. The van der Waals surface area contributed by atoms with Gasteiger partial charge in [0, 0.05) is 18.7 Å². The number of hydrogen-bond donors (Lipinski definition) is 1. The Labute approximate surface area is 119 Å². The Morgan fingerprint density at radius 1 is 1.47 bits per heavy atom. The maximum Gasteiger partial charge on any atom is 0.399 e. The highest BCUT2D eigenvalue weighted by molar-refractivity contribution is 9.10. The summed E-state index contributed by atoms with van der Waals surface area (Å²) >= 11 is 3.08. The minimum absolute atomic E-state index is 0.0993. The molecule has 6 heteroatoms. The van der Waals surface area contributed by atoms with Crippen molar-refractivity contribution in [1.29, 1.82) is 0 Å². The van der Waals surface area contributed by atoms with E-state index in [2.05, 4.69) is 26.2 Å². The topological polar surface area (TPSA) is 47.3 Å². The van der Waals surface area contributed by atoms with Crippen LogP contribution in [0.5, 0.6) is 11.8 Å². The van der Waals surface area contributed by atoms with Crippen molar-refractivity contribution >= 4 is 15.9 Å². The van der Waals surface area contributed by atoms with Gasteiger partial charge in [0.15, 0.2) is 0 Å². The second-order valence-electron chi connectivity index (χ2n) is 4.32. The van der Waals surface area contributed by atoms with Gasteiger partial charge in [-0.05, 0) is 28.1 Å². The van der Waals surface area contributed by atoms with Crippen LogP contribution in [-0.2, 0) is 6.54 Å². The molecule has 2 aromatic rings. The van der Waals surface area contributed by atoms with E-state index in [1.54, 1.807) is 12.1 Å². The standard InChI is InChI=1S/C13H14BrFN2O2/c1-8(2)16-6-9-7-18-13(17-9)19-10-3-4-11(14)12(15)5-10/h3-5,7-8,16H,6H2,1-2H3. The van der Waals surface area contributed by atoms with Gasteiger partial charge in [-0.25, -0.2) is 4.39 Å². The van der Waals surface area contributed by atoms with Gasteiger partial charge in [0.2, 0.25) is 0 Å². The molecule has 1 N–H and O–H groups in total. The Kier molecular flexibility index (Phi) is 4.55. The summed E-state index contributed by atoms with van der Waals surface area (Å²) in [5, 5.41) is 3.21. The molecule has 0 amide bonds. The fourth-order valence-corrected chi connectivity index (χ4v) is 1.61. The first-order valence-corrected chi connectivity index (χ1v) is 6.64. The summed E-state index contributed by atoms with van der Waals surface area (Å²) in [5.41, 5.74) is 0.737. The lowest BCUT2D eigenvalue weighted by Gasteiger charge is -2.04. The SMILES string of the molecule is CC(C)NCc1coc(Oc2ccc(Br)c(F)c2)n1. The van der Waals surface area contributed by atoms with Gasteiger partial charge in [-0.15, -0.1) is 0 Å². The van der Waals surface area contributed by atoms with E-state index in [1.165, 1.54) is 12.3 Å². The second-order valence-corrected chi connectivity index (χ2v) is 5.17. The Hall–Kier alpha value is -1.40. The van der Waals surface area contributed by atoms with E-state index in [4.69, 9.17) is 9.15 Å². The van der Waals surface area contributed by atoms with Crippen LogP contribution in [0.3, 0.4) is 0 Å². The second kappa shape index (κ2) is 6.16. The lowest BCUT2D eigenvalue weighted by Crippen LogP contribution is -2.21. The molecular formula is C13H14BrFN2O2. The van der Waals surface area contributed by atoms with Crippen LogP contribution < -0.4 is 10.1 Å². The van der Waals surface area contributed by atoms with Crippen molar-refractivity contribution in [3.63, 3.8) is 0 Å². The van der Waals surface area contributed by atoms with E-state index in [0.717, 1.165) is 5.69 Å². The monoisotopic (exact) mass is 328 g/mol. The molecule has 0 radical (unpaired) electrons. The van der Waals surface area contributed by atoms with Crippen LogP contribution in [0.1, 0.15) is 19.5 Å². The maximum atomic E-state index is 13.3. The summed E-state index contributed by atoms with van der Waals surface area (Å²) in [6, 6.07) is 4.82. The molecule has 0 aliphatic carbocycles. The largest absolute Gasteiger partial charge is 0.417 e. The first-order chi connectivity index (χ1) is 9.04. The van der Waals surface area contributed by atoms with Gasteiger partial charge in [-0.3, -0.25) is 0 Å². The van der Waals surface area contributed by atoms with Gasteiger partial charge >= 0.3 is 6.08 Å². The molecule has 0 fully saturated rings. The van der Waals surface area contributed by atoms with Crippen molar-refractivity contribution in [3.8, 4) is 11.8 Å². The molecule has 4 nitrogen and oxygen atoms in total. The zero-order valence-corrected chi connectivity index (χ0v) is 12.2. The van der Waals surface area contributed by atoms with Crippen molar-refractivity contribution in [2.24, 2.45) is 0 Å².